The molecule has 0 aromatic heterocycles. The van der Waals surface area contributed by atoms with Crippen LogP contribution in [-0.2, 0) is 0 Å². The van der Waals surface area contributed by atoms with E-state index < -0.39 is 5.60 Å². The van der Waals surface area contributed by atoms with Gasteiger partial charge in [-0.05, 0) is 45.7 Å². The molecule has 0 spiro atoms. The predicted molar refractivity (Wildman–Crippen MR) is 65.1 cm³/mol. The lowest BCUT2D eigenvalue weighted by atomic mass is 9.98. The topological polar surface area (TPSA) is 23.5 Å². The fourth-order valence-electron chi connectivity index (χ4n) is 2.31. The van der Waals surface area contributed by atoms with E-state index >= 15 is 0 Å². The predicted octanol–water partition coefficient (Wildman–Crippen LogP) is 2.80. The largest absolute Gasteiger partial charge is 0.390 e. The Morgan fingerprint density at radius 3 is 2.67 bits per heavy atom. The number of hydrogen-bond acceptors (Lipinski definition) is 2. The van der Waals surface area contributed by atoms with E-state index in [4.69, 9.17) is 0 Å². The van der Waals surface area contributed by atoms with Gasteiger partial charge in [0.2, 0.25) is 0 Å². The highest BCUT2D eigenvalue weighted by Gasteiger charge is 2.24. The van der Waals surface area contributed by atoms with E-state index in [1.165, 1.54) is 38.8 Å². The Bertz CT molecular complexity index is 168. The summed E-state index contributed by atoms with van der Waals surface area (Å²) in [4.78, 5) is 2.52. The summed E-state index contributed by atoms with van der Waals surface area (Å²) in [5.41, 5.74) is -0.405. The third kappa shape index (κ3) is 5.53. The molecule has 1 saturated heterocycles. The molecular weight excluding hydrogens is 186 g/mol. The summed E-state index contributed by atoms with van der Waals surface area (Å²) < 4.78 is 0. The van der Waals surface area contributed by atoms with Crippen LogP contribution in [-0.4, -0.2) is 35.2 Å². The molecule has 1 atom stereocenters. The van der Waals surface area contributed by atoms with Gasteiger partial charge in [-0.1, -0.05) is 26.2 Å². The average Bonchev–Trinajstić information content (AvgIpc) is 2.35. The van der Waals surface area contributed by atoms with Crippen LogP contribution in [0.25, 0.3) is 0 Å². The van der Waals surface area contributed by atoms with Crippen LogP contribution in [0.3, 0.4) is 0 Å². The third-order valence-electron chi connectivity index (χ3n) is 3.48. The molecule has 1 aliphatic heterocycles. The van der Waals surface area contributed by atoms with Crippen molar-refractivity contribution < 1.29 is 5.11 Å². The lowest BCUT2D eigenvalue weighted by Gasteiger charge is -2.22. The first-order valence-corrected chi connectivity index (χ1v) is 6.59. The molecule has 0 amide bonds. The first-order valence-electron chi connectivity index (χ1n) is 6.59. The normalized spacial score (nSPS) is 29.0. The molecule has 1 heterocycles. The zero-order chi connectivity index (χ0) is 11.1. The first-order chi connectivity index (χ1) is 7.14. The summed E-state index contributed by atoms with van der Waals surface area (Å²) in [6.07, 6.45) is 8.44. The monoisotopic (exact) mass is 213 g/mol. The Labute approximate surface area is 94.7 Å². The molecule has 1 unspecified atom stereocenters. The fraction of sp³-hybridized carbons (Fsp3) is 1.00. The number of aliphatic hydroxyl groups is 1. The van der Waals surface area contributed by atoms with Crippen LogP contribution in [0.4, 0.5) is 0 Å². The van der Waals surface area contributed by atoms with Crippen LogP contribution in [0.5, 0.6) is 0 Å². The van der Waals surface area contributed by atoms with Crippen molar-refractivity contribution in [1.29, 1.82) is 0 Å². The Kier molecular flexibility index (Phi) is 5.62. The van der Waals surface area contributed by atoms with Crippen molar-refractivity contribution in [3.05, 3.63) is 0 Å². The molecule has 0 radical (unpaired) electrons. The molecule has 90 valence electrons. The van der Waals surface area contributed by atoms with Gasteiger partial charge < -0.3 is 10.0 Å². The quantitative estimate of drug-likeness (QED) is 0.710. The highest BCUT2D eigenvalue weighted by Crippen LogP contribution is 2.21. The van der Waals surface area contributed by atoms with Crippen molar-refractivity contribution in [2.24, 2.45) is 0 Å². The number of hydrogen-bond donors (Lipinski definition) is 1. The Morgan fingerprint density at radius 1 is 1.13 bits per heavy atom. The van der Waals surface area contributed by atoms with Crippen molar-refractivity contribution in [2.75, 3.05) is 19.6 Å². The van der Waals surface area contributed by atoms with Crippen molar-refractivity contribution in [3.8, 4) is 0 Å². The van der Waals surface area contributed by atoms with Crippen LogP contribution in [0, 0.1) is 0 Å². The molecule has 15 heavy (non-hydrogen) atoms. The van der Waals surface area contributed by atoms with E-state index in [2.05, 4.69) is 11.8 Å². The van der Waals surface area contributed by atoms with Crippen molar-refractivity contribution >= 4 is 0 Å². The summed E-state index contributed by atoms with van der Waals surface area (Å²) in [6.45, 7) is 7.73. The molecule has 2 heteroatoms. The van der Waals surface area contributed by atoms with Gasteiger partial charge >= 0.3 is 0 Å². The maximum Gasteiger partial charge on any atom is 0.0632 e. The molecule has 1 rings (SSSR count). The molecule has 1 fully saturated rings. The number of unbranched alkanes of at least 4 members (excludes halogenated alkanes) is 3. The molecule has 0 saturated carbocycles. The summed E-state index contributed by atoms with van der Waals surface area (Å²) in [6, 6.07) is 0. The highest BCUT2D eigenvalue weighted by atomic mass is 16.3. The van der Waals surface area contributed by atoms with Crippen LogP contribution in [0.15, 0.2) is 0 Å². The van der Waals surface area contributed by atoms with Gasteiger partial charge in [0.15, 0.2) is 0 Å². The Morgan fingerprint density at radius 2 is 1.93 bits per heavy atom. The maximum atomic E-state index is 9.96. The number of nitrogens with zero attached hydrogens (tertiary/aromatic N) is 1. The minimum absolute atomic E-state index is 0.405. The van der Waals surface area contributed by atoms with Crippen LogP contribution in [0.2, 0.25) is 0 Å². The molecule has 0 aromatic rings. The molecule has 0 aliphatic carbocycles. The summed E-state index contributed by atoms with van der Waals surface area (Å²) in [5, 5.41) is 9.96. The minimum Gasteiger partial charge on any atom is -0.390 e. The molecule has 2 nitrogen and oxygen atoms in total. The molecule has 0 aromatic carbocycles. The lowest BCUT2D eigenvalue weighted by Crippen LogP contribution is -2.29. The SMILES string of the molecule is CCCCCCN1CCCC(C)(O)CC1. The second-order valence-corrected chi connectivity index (χ2v) is 5.25. The Balaban J connectivity index is 2.14. The fourth-order valence-corrected chi connectivity index (χ4v) is 2.31. The highest BCUT2D eigenvalue weighted by molar-refractivity contribution is 4.78. The summed E-state index contributed by atoms with van der Waals surface area (Å²) in [7, 11) is 0. The van der Waals surface area contributed by atoms with Gasteiger partial charge in [0.05, 0.1) is 5.60 Å². The summed E-state index contributed by atoms with van der Waals surface area (Å²) in [5.74, 6) is 0. The first kappa shape index (κ1) is 13.0. The van der Waals surface area contributed by atoms with Crippen molar-refractivity contribution in [1.82, 2.24) is 4.90 Å². The van der Waals surface area contributed by atoms with E-state index in [-0.39, 0.29) is 0 Å². The van der Waals surface area contributed by atoms with E-state index in [1.807, 2.05) is 6.92 Å². The zero-order valence-corrected chi connectivity index (χ0v) is 10.5. The maximum absolute atomic E-state index is 9.96. The molecular formula is C13H27NO. The van der Waals surface area contributed by atoms with Gasteiger partial charge in [0.25, 0.3) is 0 Å². The Hall–Kier alpha value is -0.0800. The smallest absolute Gasteiger partial charge is 0.0632 e. The van der Waals surface area contributed by atoms with Crippen molar-refractivity contribution in [2.45, 2.75) is 64.4 Å². The van der Waals surface area contributed by atoms with Gasteiger partial charge in [-0.25, -0.2) is 0 Å². The summed E-state index contributed by atoms with van der Waals surface area (Å²) >= 11 is 0. The van der Waals surface area contributed by atoms with E-state index in [9.17, 15) is 5.11 Å². The third-order valence-corrected chi connectivity index (χ3v) is 3.48. The lowest BCUT2D eigenvalue weighted by molar-refractivity contribution is 0.0446. The van der Waals surface area contributed by atoms with Gasteiger partial charge in [0.1, 0.15) is 0 Å². The van der Waals surface area contributed by atoms with E-state index in [0.29, 0.717) is 0 Å². The second-order valence-electron chi connectivity index (χ2n) is 5.25. The number of rotatable bonds is 5. The standard InChI is InChI=1S/C13H27NO/c1-3-4-5-6-10-14-11-7-8-13(2,15)9-12-14/h15H,3-12H2,1-2H3. The van der Waals surface area contributed by atoms with Gasteiger partial charge in [-0.15, -0.1) is 0 Å². The van der Waals surface area contributed by atoms with Crippen LogP contribution < -0.4 is 0 Å². The molecule has 1 N–H and O–H groups in total. The number of likely N-dealkylation sites (tertiary alicyclic amines) is 1. The van der Waals surface area contributed by atoms with Crippen molar-refractivity contribution in [3.63, 3.8) is 0 Å². The molecule has 0 bridgehead atoms. The minimum atomic E-state index is -0.405. The van der Waals surface area contributed by atoms with Crippen LogP contribution in [0.1, 0.15) is 58.8 Å². The van der Waals surface area contributed by atoms with E-state index in [0.717, 1.165) is 25.8 Å². The van der Waals surface area contributed by atoms with E-state index in [1.54, 1.807) is 0 Å². The zero-order valence-electron chi connectivity index (χ0n) is 10.5. The average molecular weight is 213 g/mol. The second kappa shape index (κ2) is 6.49. The van der Waals surface area contributed by atoms with Gasteiger partial charge in [0, 0.05) is 6.54 Å². The van der Waals surface area contributed by atoms with Gasteiger partial charge in [-0.2, -0.15) is 0 Å². The van der Waals surface area contributed by atoms with Crippen LogP contribution >= 0.6 is 0 Å². The van der Waals surface area contributed by atoms with Gasteiger partial charge in [-0.3, -0.25) is 0 Å². The molecule has 1 aliphatic rings.